The van der Waals surface area contributed by atoms with E-state index in [1.54, 1.807) is 0 Å². The average molecular weight is 212 g/mol. The molecule has 1 aliphatic rings. The van der Waals surface area contributed by atoms with Crippen LogP contribution in [-0.4, -0.2) is 0 Å². The molecular weight excluding hydrogens is 180 g/mol. The standard InChI is InChI=1S/C11H22.C2H6.C2H4/c1-9-5-7-10(8-6-9)11(2,3)4;2*1-2/h9-10H,5-8H2,1-4H3;1-2H3;1-2H2. The van der Waals surface area contributed by atoms with E-state index >= 15 is 0 Å². The molecule has 92 valence electrons. The topological polar surface area (TPSA) is 0 Å². The van der Waals surface area contributed by atoms with Crippen molar-refractivity contribution in [1.29, 1.82) is 0 Å². The lowest BCUT2D eigenvalue weighted by atomic mass is 9.70. The van der Waals surface area contributed by atoms with Crippen molar-refractivity contribution >= 4 is 0 Å². The Morgan fingerprint density at radius 1 is 0.867 bits per heavy atom. The summed E-state index contributed by atoms with van der Waals surface area (Å²) in [6, 6.07) is 0. The summed E-state index contributed by atoms with van der Waals surface area (Å²) in [5, 5.41) is 0. The van der Waals surface area contributed by atoms with Gasteiger partial charge in [-0.2, -0.15) is 0 Å². The molecule has 1 aliphatic carbocycles. The summed E-state index contributed by atoms with van der Waals surface area (Å²) in [6.07, 6.45) is 5.85. The minimum atomic E-state index is 0.556. The van der Waals surface area contributed by atoms with Crippen LogP contribution in [0.15, 0.2) is 13.2 Å². The molecule has 0 unspecified atom stereocenters. The average Bonchev–Trinajstić information content (AvgIpc) is 2.23. The highest BCUT2D eigenvalue weighted by Crippen LogP contribution is 2.39. The van der Waals surface area contributed by atoms with E-state index in [9.17, 15) is 0 Å². The van der Waals surface area contributed by atoms with Crippen LogP contribution >= 0.6 is 0 Å². The predicted octanol–water partition coefficient (Wildman–Crippen LogP) is 5.69. The second kappa shape index (κ2) is 9.00. The summed E-state index contributed by atoms with van der Waals surface area (Å²) in [7, 11) is 0. The largest absolute Gasteiger partial charge is 0.106 e. The third kappa shape index (κ3) is 7.64. The normalized spacial score (nSPS) is 25.5. The van der Waals surface area contributed by atoms with Crippen molar-refractivity contribution in [2.24, 2.45) is 17.3 Å². The van der Waals surface area contributed by atoms with Gasteiger partial charge in [-0.25, -0.2) is 0 Å². The molecule has 15 heavy (non-hydrogen) atoms. The first-order chi connectivity index (χ1) is 7.00. The summed E-state index contributed by atoms with van der Waals surface area (Å²) in [4.78, 5) is 0. The minimum Gasteiger partial charge on any atom is -0.106 e. The number of rotatable bonds is 0. The quantitative estimate of drug-likeness (QED) is 0.453. The van der Waals surface area contributed by atoms with E-state index in [1.807, 2.05) is 13.8 Å². The molecule has 0 saturated heterocycles. The molecule has 1 fully saturated rings. The van der Waals surface area contributed by atoms with Crippen LogP contribution in [0.3, 0.4) is 0 Å². The fourth-order valence-electron chi connectivity index (χ4n) is 2.13. The first-order valence-corrected chi connectivity index (χ1v) is 6.50. The van der Waals surface area contributed by atoms with Gasteiger partial charge in [-0.15, -0.1) is 13.2 Å². The van der Waals surface area contributed by atoms with Crippen LogP contribution in [0.25, 0.3) is 0 Å². The predicted molar refractivity (Wildman–Crippen MR) is 73.2 cm³/mol. The van der Waals surface area contributed by atoms with E-state index < -0.39 is 0 Å². The molecule has 0 heterocycles. The molecule has 0 spiro atoms. The van der Waals surface area contributed by atoms with Gasteiger partial charge in [0.05, 0.1) is 0 Å². The van der Waals surface area contributed by atoms with Gasteiger partial charge >= 0.3 is 0 Å². The minimum absolute atomic E-state index is 0.556. The number of hydrogen-bond acceptors (Lipinski definition) is 0. The lowest BCUT2D eigenvalue weighted by molar-refractivity contribution is 0.155. The molecular formula is C15H32. The summed E-state index contributed by atoms with van der Waals surface area (Å²) in [6.45, 7) is 19.5. The Morgan fingerprint density at radius 2 is 1.20 bits per heavy atom. The Kier molecular flexibility index (Phi) is 10.3. The second-order valence-corrected chi connectivity index (χ2v) is 5.32. The molecule has 1 rings (SSSR count). The molecule has 1 saturated carbocycles. The van der Waals surface area contributed by atoms with Gasteiger partial charge in [-0.05, 0) is 30.1 Å². The van der Waals surface area contributed by atoms with E-state index in [0.29, 0.717) is 5.41 Å². The van der Waals surface area contributed by atoms with Crippen molar-refractivity contribution in [1.82, 2.24) is 0 Å². The molecule has 0 atom stereocenters. The van der Waals surface area contributed by atoms with Crippen LogP contribution in [0.1, 0.15) is 67.2 Å². The smallest absolute Gasteiger partial charge is 0.0354 e. The lowest BCUT2D eigenvalue weighted by Crippen LogP contribution is -2.24. The van der Waals surface area contributed by atoms with Crippen LogP contribution < -0.4 is 0 Å². The van der Waals surface area contributed by atoms with E-state index in [0.717, 1.165) is 11.8 Å². The Hall–Kier alpha value is -0.260. The van der Waals surface area contributed by atoms with E-state index in [-0.39, 0.29) is 0 Å². The van der Waals surface area contributed by atoms with E-state index in [1.165, 1.54) is 25.7 Å². The van der Waals surface area contributed by atoms with Crippen LogP contribution in [0.4, 0.5) is 0 Å². The zero-order chi connectivity index (χ0) is 12.5. The molecule has 0 nitrogen and oxygen atoms in total. The summed E-state index contributed by atoms with van der Waals surface area (Å²) in [5.74, 6) is 1.98. The van der Waals surface area contributed by atoms with Gasteiger partial charge in [0.15, 0.2) is 0 Å². The second-order valence-electron chi connectivity index (χ2n) is 5.32. The third-order valence-electron chi connectivity index (χ3n) is 3.24. The first kappa shape index (κ1) is 17.1. The molecule has 0 N–H and O–H groups in total. The monoisotopic (exact) mass is 212 g/mol. The lowest BCUT2D eigenvalue weighted by Gasteiger charge is -2.35. The zero-order valence-corrected chi connectivity index (χ0v) is 11.9. The Bertz CT molecular complexity index is 121. The van der Waals surface area contributed by atoms with E-state index in [4.69, 9.17) is 0 Å². The third-order valence-corrected chi connectivity index (χ3v) is 3.24. The van der Waals surface area contributed by atoms with Crippen molar-refractivity contribution in [3.8, 4) is 0 Å². The van der Waals surface area contributed by atoms with Gasteiger partial charge < -0.3 is 0 Å². The molecule has 0 aromatic carbocycles. The Labute approximate surface area is 98.2 Å². The fourth-order valence-corrected chi connectivity index (χ4v) is 2.13. The van der Waals surface area contributed by atoms with Crippen molar-refractivity contribution in [3.63, 3.8) is 0 Å². The van der Waals surface area contributed by atoms with Crippen LogP contribution in [-0.2, 0) is 0 Å². The van der Waals surface area contributed by atoms with Crippen molar-refractivity contribution < 1.29 is 0 Å². The highest BCUT2D eigenvalue weighted by Gasteiger charge is 2.27. The van der Waals surface area contributed by atoms with Gasteiger partial charge in [0.25, 0.3) is 0 Å². The summed E-state index contributed by atoms with van der Waals surface area (Å²) < 4.78 is 0. The van der Waals surface area contributed by atoms with Crippen LogP contribution in [0.2, 0.25) is 0 Å². The first-order valence-electron chi connectivity index (χ1n) is 6.50. The molecule has 0 aliphatic heterocycles. The van der Waals surface area contributed by atoms with Gasteiger partial charge in [-0.1, -0.05) is 54.4 Å². The highest BCUT2D eigenvalue weighted by molar-refractivity contribution is 4.78. The van der Waals surface area contributed by atoms with Crippen LogP contribution in [0.5, 0.6) is 0 Å². The SMILES string of the molecule is C=C.CC.CC1CCC(C(C)(C)C)CC1. The summed E-state index contributed by atoms with van der Waals surface area (Å²) in [5.41, 5.74) is 0.556. The fraction of sp³-hybridized carbons (Fsp3) is 0.867. The van der Waals surface area contributed by atoms with Gasteiger partial charge in [-0.3, -0.25) is 0 Å². The maximum absolute atomic E-state index is 3.00. The van der Waals surface area contributed by atoms with E-state index in [2.05, 4.69) is 40.9 Å². The summed E-state index contributed by atoms with van der Waals surface area (Å²) >= 11 is 0. The van der Waals surface area contributed by atoms with Crippen LogP contribution in [0, 0.1) is 17.3 Å². The Morgan fingerprint density at radius 3 is 1.47 bits per heavy atom. The van der Waals surface area contributed by atoms with Crippen molar-refractivity contribution in [2.75, 3.05) is 0 Å². The molecule has 0 heteroatoms. The van der Waals surface area contributed by atoms with Gasteiger partial charge in [0.2, 0.25) is 0 Å². The molecule has 0 amide bonds. The molecule has 0 bridgehead atoms. The van der Waals surface area contributed by atoms with Crippen molar-refractivity contribution in [3.05, 3.63) is 13.2 Å². The molecule has 0 aromatic heterocycles. The zero-order valence-electron chi connectivity index (χ0n) is 11.9. The molecule has 0 aromatic rings. The van der Waals surface area contributed by atoms with Crippen molar-refractivity contribution in [2.45, 2.75) is 67.2 Å². The maximum Gasteiger partial charge on any atom is -0.0354 e. The maximum atomic E-state index is 3.00. The highest BCUT2D eigenvalue weighted by atomic mass is 14.3. The van der Waals surface area contributed by atoms with Gasteiger partial charge in [0, 0.05) is 0 Å². The Balaban J connectivity index is 0. The number of hydrogen-bond donors (Lipinski definition) is 0. The van der Waals surface area contributed by atoms with Gasteiger partial charge in [0.1, 0.15) is 0 Å². The molecule has 0 radical (unpaired) electrons.